The van der Waals surface area contributed by atoms with E-state index in [1.807, 2.05) is 18.2 Å². The van der Waals surface area contributed by atoms with E-state index in [0.717, 1.165) is 11.3 Å². The maximum Gasteiger partial charge on any atom is 0.258 e. The molecular formula is C14H12ClNO4. The van der Waals surface area contributed by atoms with Crippen LogP contribution >= 0.6 is 11.6 Å². The van der Waals surface area contributed by atoms with E-state index < -0.39 is 0 Å². The number of rotatable bonds is 3. The van der Waals surface area contributed by atoms with Gasteiger partial charge in [0, 0.05) is 13.6 Å². The van der Waals surface area contributed by atoms with Crippen molar-refractivity contribution in [1.82, 2.24) is 4.90 Å². The lowest BCUT2D eigenvalue weighted by Crippen LogP contribution is -2.26. The van der Waals surface area contributed by atoms with Gasteiger partial charge in [0.2, 0.25) is 12.0 Å². The molecule has 0 aliphatic carbocycles. The molecule has 0 saturated heterocycles. The molecule has 0 fully saturated rings. The number of hydrogen-bond donors (Lipinski definition) is 0. The van der Waals surface area contributed by atoms with Crippen molar-refractivity contribution in [1.29, 1.82) is 0 Å². The highest BCUT2D eigenvalue weighted by atomic mass is 35.5. The fourth-order valence-corrected chi connectivity index (χ4v) is 2.23. The standard InChI is InChI=1S/C14H12ClNO4/c1-16(14(17)10-4-5-18-13(10)15)7-9-2-3-11-12(6-9)20-8-19-11/h2-6H,7-8H2,1H3. The first-order chi connectivity index (χ1) is 9.65. The smallest absolute Gasteiger partial charge is 0.258 e. The van der Waals surface area contributed by atoms with Gasteiger partial charge in [-0.3, -0.25) is 4.79 Å². The summed E-state index contributed by atoms with van der Waals surface area (Å²) >= 11 is 5.81. The topological polar surface area (TPSA) is 51.9 Å². The second-order valence-electron chi connectivity index (χ2n) is 4.46. The lowest BCUT2D eigenvalue weighted by atomic mass is 10.2. The summed E-state index contributed by atoms with van der Waals surface area (Å²) in [7, 11) is 1.70. The Bertz CT molecular complexity index is 652. The van der Waals surface area contributed by atoms with Crippen LogP contribution in [0.4, 0.5) is 0 Å². The van der Waals surface area contributed by atoms with Crippen LogP contribution < -0.4 is 9.47 Å². The summed E-state index contributed by atoms with van der Waals surface area (Å²) in [6.45, 7) is 0.676. The van der Waals surface area contributed by atoms with Crippen LogP contribution in [0.15, 0.2) is 34.9 Å². The summed E-state index contributed by atoms with van der Waals surface area (Å²) in [5, 5.41) is 0.104. The minimum absolute atomic E-state index is 0.104. The van der Waals surface area contributed by atoms with Gasteiger partial charge in [0.25, 0.3) is 5.91 Å². The Labute approximate surface area is 120 Å². The maximum absolute atomic E-state index is 12.2. The number of halogens is 1. The zero-order valence-corrected chi connectivity index (χ0v) is 11.5. The van der Waals surface area contributed by atoms with Crippen molar-refractivity contribution >= 4 is 17.5 Å². The molecule has 20 heavy (non-hydrogen) atoms. The highest BCUT2D eigenvalue weighted by Gasteiger charge is 2.19. The molecule has 0 unspecified atom stereocenters. The quantitative estimate of drug-likeness (QED) is 0.873. The lowest BCUT2D eigenvalue weighted by molar-refractivity contribution is 0.0784. The molecule has 1 aliphatic heterocycles. The third-order valence-electron chi connectivity index (χ3n) is 3.05. The molecule has 104 valence electrons. The monoisotopic (exact) mass is 293 g/mol. The van der Waals surface area contributed by atoms with Crippen molar-refractivity contribution in [2.75, 3.05) is 13.8 Å². The van der Waals surface area contributed by atoms with Gasteiger partial charge in [-0.2, -0.15) is 0 Å². The van der Waals surface area contributed by atoms with Crippen molar-refractivity contribution < 1.29 is 18.7 Å². The van der Waals surface area contributed by atoms with Crippen LogP contribution in [-0.4, -0.2) is 24.6 Å². The molecule has 0 radical (unpaired) electrons. The van der Waals surface area contributed by atoms with Gasteiger partial charge >= 0.3 is 0 Å². The molecule has 2 aromatic rings. The minimum Gasteiger partial charge on any atom is -0.454 e. The molecule has 1 aromatic carbocycles. The molecule has 6 heteroatoms. The maximum atomic E-state index is 12.2. The second kappa shape index (κ2) is 5.09. The number of fused-ring (bicyclic) bond motifs is 1. The van der Waals surface area contributed by atoms with Gasteiger partial charge in [-0.1, -0.05) is 6.07 Å². The molecule has 1 aromatic heterocycles. The summed E-state index contributed by atoms with van der Waals surface area (Å²) in [6, 6.07) is 7.15. The summed E-state index contributed by atoms with van der Waals surface area (Å²) in [4.78, 5) is 13.8. The molecule has 0 bridgehead atoms. The Morgan fingerprint density at radius 2 is 2.10 bits per heavy atom. The first-order valence-electron chi connectivity index (χ1n) is 6.02. The van der Waals surface area contributed by atoms with Crippen molar-refractivity contribution in [2.45, 2.75) is 6.54 Å². The Morgan fingerprint density at radius 3 is 2.85 bits per heavy atom. The number of carbonyl (C=O) groups is 1. The minimum atomic E-state index is -0.193. The van der Waals surface area contributed by atoms with E-state index in [1.54, 1.807) is 18.0 Å². The fraction of sp³-hybridized carbons (Fsp3) is 0.214. The predicted octanol–water partition coefficient (Wildman–Crippen LogP) is 2.93. The van der Waals surface area contributed by atoms with Crippen LogP contribution in [0, 0.1) is 0 Å². The van der Waals surface area contributed by atoms with E-state index in [2.05, 4.69) is 0 Å². The Kier molecular flexibility index (Phi) is 3.28. The Balaban J connectivity index is 1.74. The van der Waals surface area contributed by atoms with Crippen molar-refractivity contribution in [3.63, 3.8) is 0 Å². The van der Waals surface area contributed by atoms with E-state index in [-0.39, 0.29) is 17.9 Å². The first kappa shape index (κ1) is 12.9. The van der Waals surface area contributed by atoms with Crippen molar-refractivity contribution in [2.24, 2.45) is 0 Å². The largest absolute Gasteiger partial charge is 0.454 e. The number of ether oxygens (including phenoxy) is 2. The van der Waals surface area contributed by atoms with Crippen LogP contribution in [0.5, 0.6) is 11.5 Å². The SMILES string of the molecule is CN(Cc1ccc2c(c1)OCO2)C(=O)c1ccoc1Cl. The van der Waals surface area contributed by atoms with Gasteiger partial charge in [0.1, 0.15) is 0 Å². The molecule has 1 amide bonds. The van der Waals surface area contributed by atoms with Gasteiger partial charge in [-0.15, -0.1) is 0 Å². The molecule has 1 aliphatic rings. The van der Waals surface area contributed by atoms with E-state index >= 15 is 0 Å². The van der Waals surface area contributed by atoms with Crippen LogP contribution in [0.25, 0.3) is 0 Å². The van der Waals surface area contributed by atoms with E-state index in [9.17, 15) is 4.79 Å². The number of benzene rings is 1. The molecule has 5 nitrogen and oxygen atoms in total. The predicted molar refractivity (Wildman–Crippen MR) is 72.1 cm³/mol. The summed E-state index contributed by atoms with van der Waals surface area (Å²) in [6.07, 6.45) is 1.39. The Hall–Kier alpha value is -2.14. The summed E-state index contributed by atoms with van der Waals surface area (Å²) < 4.78 is 15.5. The zero-order valence-electron chi connectivity index (χ0n) is 10.8. The number of nitrogens with zero attached hydrogens (tertiary/aromatic N) is 1. The van der Waals surface area contributed by atoms with Gasteiger partial charge in [0.05, 0.1) is 11.8 Å². The third kappa shape index (κ3) is 2.32. The molecule has 0 spiro atoms. The zero-order chi connectivity index (χ0) is 14.1. The molecule has 3 rings (SSSR count). The average molecular weight is 294 g/mol. The van der Waals surface area contributed by atoms with Crippen LogP contribution in [0.2, 0.25) is 5.22 Å². The third-order valence-corrected chi connectivity index (χ3v) is 3.34. The highest BCUT2D eigenvalue weighted by molar-refractivity contribution is 6.32. The number of hydrogen-bond acceptors (Lipinski definition) is 4. The van der Waals surface area contributed by atoms with Gasteiger partial charge in [-0.05, 0) is 35.4 Å². The second-order valence-corrected chi connectivity index (χ2v) is 4.80. The normalized spacial score (nSPS) is 12.5. The average Bonchev–Trinajstić information content (AvgIpc) is 3.05. The Morgan fingerprint density at radius 1 is 1.30 bits per heavy atom. The molecule has 0 saturated carbocycles. The number of furan rings is 1. The van der Waals surface area contributed by atoms with Crippen LogP contribution in [0.3, 0.4) is 0 Å². The highest BCUT2D eigenvalue weighted by Crippen LogP contribution is 2.32. The van der Waals surface area contributed by atoms with Gasteiger partial charge in [0.15, 0.2) is 11.5 Å². The number of carbonyl (C=O) groups excluding carboxylic acids is 1. The van der Waals surface area contributed by atoms with Crippen molar-refractivity contribution in [3.8, 4) is 11.5 Å². The van der Waals surface area contributed by atoms with E-state index in [0.29, 0.717) is 17.9 Å². The van der Waals surface area contributed by atoms with Crippen LogP contribution in [-0.2, 0) is 6.54 Å². The van der Waals surface area contributed by atoms with E-state index in [4.69, 9.17) is 25.5 Å². The number of amides is 1. The van der Waals surface area contributed by atoms with Gasteiger partial charge < -0.3 is 18.8 Å². The molecule has 0 N–H and O–H groups in total. The lowest BCUT2D eigenvalue weighted by Gasteiger charge is -2.16. The molecule has 2 heterocycles. The van der Waals surface area contributed by atoms with E-state index in [1.165, 1.54) is 6.26 Å². The molecular weight excluding hydrogens is 282 g/mol. The first-order valence-corrected chi connectivity index (χ1v) is 6.40. The van der Waals surface area contributed by atoms with Crippen molar-refractivity contribution in [3.05, 3.63) is 46.9 Å². The van der Waals surface area contributed by atoms with Gasteiger partial charge in [-0.25, -0.2) is 0 Å². The summed E-state index contributed by atoms with van der Waals surface area (Å²) in [5.74, 6) is 1.23. The fourth-order valence-electron chi connectivity index (χ4n) is 2.04. The summed E-state index contributed by atoms with van der Waals surface area (Å²) in [5.41, 5.74) is 1.31. The van der Waals surface area contributed by atoms with Crippen LogP contribution in [0.1, 0.15) is 15.9 Å². The molecule has 0 atom stereocenters.